The minimum atomic E-state index is 0.176. The summed E-state index contributed by atoms with van der Waals surface area (Å²) in [6, 6.07) is 6.25. The zero-order valence-electron chi connectivity index (χ0n) is 15.0. The number of furan rings is 1. The lowest BCUT2D eigenvalue weighted by atomic mass is 9.93. The Morgan fingerprint density at radius 2 is 2.04 bits per heavy atom. The molecule has 0 radical (unpaired) electrons. The molecular weight excluding hydrogens is 314 g/mol. The van der Waals surface area contributed by atoms with Crippen LogP contribution in [0.3, 0.4) is 0 Å². The Kier molecular flexibility index (Phi) is 5.52. The molecule has 5 heteroatoms. The van der Waals surface area contributed by atoms with Crippen molar-refractivity contribution in [2.24, 2.45) is 5.92 Å². The predicted octanol–water partition coefficient (Wildman–Crippen LogP) is 4.02. The Hall–Kier alpha value is -1.59. The van der Waals surface area contributed by atoms with E-state index in [2.05, 4.69) is 28.3 Å². The molecule has 2 aliphatic heterocycles. The Morgan fingerprint density at radius 3 is 2.80 bits per heavy atom. The molecule has 5 nitrogen and oxygen atoms in total. The monoisotopic (exact) mass is 343 g/mol. The number of nitrogens with zero attached hydrogens (tertiary/aromatic N) is 3. The van der Waals surface area contributed by atoms with Gasteiger partial charge in [-0.15, -0.1) is 0 Å². The van der Waals surface area contributed by atoms with Crippen LogP contribution in [-0.4, -0.2) is 34.4 Å². The molecule has 0 saturated carbocycles. The predicted molar refractivity (Wildman–Crippen MR) is 96.1 cm³/mol. The molecular formula is C20H29N3O2. The molecule has 2 fully saturated rings. The first-order chi connectivity index (χ1) is 12.4. The Morgan fingerprint density at radius 1 is 1.12 bits per heavy atom. The van der Waals surface area contributed by atoms with Gasteiger partial charge in [-0.25, -0.2) is 0 Å². The number of hydrogen-bond donors (Lipinski definition) is 0. The molecule has 2 aromatic heterocycles. The third-order valence-corrected chi connectivity index (χ3v) is 5.59. The molecule has 2 aliphatic rings. The lowest BCUT2D eigenvalue weighted by molar-refractivity contribution is 0.000717. The van der Waals surface area contributed by atoms with Gasteiger partial charge in [-0.3, -0.25) is 9.58 Å². The highest BCUT2D eigenvalue weighted by molar-refractivity contribution is 5.10. The van der Waals surface area contributed by atoms with Gasteiger partial charge in [0.2, 0.25) is 0 Å². The summed E-state index contributed by atoms with van der Waals surface area (Å²) in [6.45, 7) is 5.17. The van der Waals surface area contributed by atoms with Crippen LogP contribution in [0.15, 0.2) is 35.0 Å². The molecule has 0 bridgehead atoms. The Bertz CT molecular complexity index is 623. The van der Waals surface area contributed by atoms with Gasteiger partial charge in [-0.1, -0.05) is 0 Å². The van der Waals surface area contributed by atoms with Crippen LogP contribution in [0.1, 0.15) is 56.1 Å². The molecule has 0 spiro atoms. The van der Waals surface area contributed by atoms with Gasteiger partial charge in [0.25, 0.3) is 0 Å². The topological polar surface area (TPSA) is 43.4 Å². The standard InChI is InChI=1S/C20H29N3O2/c1-2-15-24-19(4-1)20-6-5-18(25-20)16-22-12-7-17(8-13-22)9-14-23-11-3-10-21-23/h3,5-6,10-11,17,19H,1-2,4,7-9,12-16H2. The summed E-state index contributed by atoms with van der Waals surface area (Å²) < 4.78 is 13.9. The van der Waals surface area contributed by atoms with Gasteiger partial charge in [0.1, 0.15) is 17.6 Å². The van der Waals surface area contributed by atoms with Gasteiger partial charge in [-0.05, 0) is 75.7 Å². The number of aromatic nitrogens is 2. The number of hydrogen-bond acceptors (Lipinski definition) is 4. The quantitative estimate of drug-likeness (QED) is 0.794. The van der Waals surface area contributed by atoms with E-state index in [1.165, 1.54) is 45.2 Å². The fourth-order valence-corrected chi connectivity index (χ4v) is 4.02. The van der Waals surface area contributed by atoms with E-state index in [0.29, 0.717) is 0 Å². The second kappa shape index (κ2) is 8.19. The van der Waals surface area contributed by atoms with E-state index in [9.17, 15) is 0 Å². The number of piperidine rings is 1. The fraction of sp³-hybridized carbons (Fsp3) is 0.650. The van der Waals surface area contributed by atoms with Crippen molar-refractivity contribution in [2.45, 2.75) is 57.7 Å². The van der Waals surface area contributed by atoms with Crippen LogP contribution in [-0.2, 0) is 17.8 Å². The minimum Gasteiger partial charge on any atom is -0.462 e. The van der Waals surface area contributed by atoms with Gasteiger partial charge in [0.15, 0.2) is 0 Å². The van der Waals surface area contributed by atoms with Crippen LogP contribution < -0.4 is 0 Å². The number of rotatable bonds is 6. The van der Waals surface area contributed by atoms with E-state index in [4.69, 9.17) is 9.15 Å². The van der Waals surface area contributed by atoms with Crippen LogP contribution in [0.5, 0.6) is 0 Å². The molecule has 0 aliphatic carbocycles. The number of aryl methyl sites for hydroxylation is 1. The van der Waals surface area contributed by atoms with E-state index >= 15 is 0 Å². The van der Waals surface area contributed by atoms with Gasteiger partial charge >= 0.3 is 0 Å². The molecule has 0 N–H and O–H groups in total. The van der Waals surface area contributed by atoms with E-state index in [1.54, 1.807) is 0 Å². The van der Waals surface area contributed by atoms with Gasteiger partial charge in [0, 0.05) is 25.5 Å². The van der Waals surface area contributed by atoms with Crippen molar-refractivity contribution in [3.63, 3.8) is 0 Å². The lowest BCUT2D eigenvalue weighted by Crippen LogP contribution is -2.33. The summed E-state index contributed by atoms with van der Waals surface area (Å²) >= 11 is 0. The van der Waals surface area contributed by atoms with Gasteiger partial charge in [0.05, 0.1) is 6.54 Å². The molecule has 0 amide bonds. The molecule has 2 saturated heterocycles. The second-order valence-electron chi connectivity index (χ2n) is 7.44. The van der Waals surface area contributed by atoms with Crippen molar-refractivity contribution in [3.05, 3.63) is 42.1 Å². The SMILES string of the molecule is c1cnn(CCC2CCN(Cc3ccc(C4CCCCO4)o3)CC2)c1. The summed E-state index contributed by atoms with van der Waals surface area (Å²) in [5.41, 5.74) is 0. The molecule has 2 aromatic rings. The van der Waals surface area contributed by atoms with E-state index in [1.807, 2.05) is 16.9 Å². The summed E-state index contributed by atoms with van der Waals surface area (Å²) in [5.74, 6) is 2.92. The molecule has 4 rings (SSSR count). The normalized spacial score (nSPS) is 23.1. The Labute approximate surface area is 149 Å². The molecule has 136 valence electrons. The maximum absolute atomic E-state index is 6.07. The lowest BCUT2D eigenvalue weighted by Gasteiger charge is -2.31. The summed E-state index contributed by atoms with van der Waals surface area (Å²) in [5, 5.41) is 4.30. The van der Waals surface area contributed by atoms with Crippen LogP contribution in [0.4, 0.5) is 0 Å². The smallest absolute Gasteiger partial charge is 0.133 e. The zero-order chi connectivity index (χ0) is 16.9. The molecule has 1 unspecified atom stereocenters. The molecule has 0 aromatic carbocycles. The van der Waals surface area contributed by atoms with Crippen molar-refractivity contribution in [1.29, 1.82) is 0 Å². The van der Waals surface area contributed by atoms with Crippen molar-refractivity contribution in [2.75, 3.05) is 19.7 Å². The van der Waals surface area contributed by atoms with Gasteiger partial charge in [-0.2, -0.15) is 5.10 Å². The van der Waals surface area contributed by atoms with Crippen LogP contribution in [0.2, 0.25) is 0 Å². The van der Waals surface area contributed by atoms with Crippen molar-refractivity contribution >= 4 is 0 Å². The average Bonchev–Trinajstić information content (AvgIpc) is 3.34. The largest absolute Gasteiger partial charge is 0.462 e. The minimum absolute atomic E-state index is 0.176. The highest BCUT2D eigenvalue weighted by atomic mass is 16.5. The highest BCUT2D eigenvalue weighted by Gasteiger charge is 2.22. The van der Waals surface area contributed by atoms with E-state index in [0.717, 1.165) is 43.6 Å². The molecule has 25 heavy (non-hydrogen) atoms. The zero-order valence-corrected chi connectivity index (χ0v) is 15.0. The first kappa shape index (κ1) is 16.9. The third kappa shape index (κ3) is 4.53. The maximum Gasteiger partial charge on any atom is 0.133 e. The van der Waals surface area contributed by atoms with Crippen molar-refractivity contribution in [1.82, 2.24) is 14.7 Å². The van der Waals surface area contributed by atoms with E-state index in [-0.39, 0.29) is 6.10 Å². The maximum atomic E-state index is 6.07. The molecule has 1 atom stereocenters. The first-order valence-corrected chi connectivity index (χ1v) is 9.77. The number of ether oxygens (including phenoxy) is 1. The van der Waals surface area contributed by atoms with Crippen molar-refractivity contribution < 1.29 is 9.15 Å². The fourth-order valence-electron chi connectivity index (χ4n) is 4.02. The summed E-state index contributed by atoms with van der Waals surface area (Å²) in [4.78, 5) is 2.52. The first-order valence-electron chi connectivity index (χ1n) is 9.77. The Balaban J connectivity index is 1.21. The van der Waals surface area contributed by atoms with Gasteiger partial charge < -0.3 is 9.15 Å². The second-order valence-corrected chi connectivity index (χ2v) is 7.44. The van der Waals surface area contributed by atoms with Crippen LogP contribution in [0.25, 0.3) is 0 Å². The summed E-state index contributed by atoms with van der Waals surface area (Å²) in [7, 11) is 0. The molecule has 4 heterocycles. The summed E-state index contributed by atoms with van der Waals surface area (Å²) in [6.07, 6.45) is 11.4. The van der Waals surface area contributed by atoms with Crippen molar-refractivity contribution in [3.8, 4) is 0 Å². The number of likely N-dealkylation sites (tertiary alicyclic amines) is 1. The van der Waals surface area contributed by atoms with Crippen LogP contribution >= 0.6 is 0 Å². The van der Waals surface area contributed by atoms with Crippen LogP contribution in [0, 0.1) is 5.92 Å². The van der Waals surface area contributed by atoms with E-state index < -0.39 is 0 Å². The third-order valence-electron chi connectivity index (χ3n) is 5.59. The highest BCUT2D eigenvalue weighted by Crippen LogP contribution is 2.30. The average molecular weight is 343 g/mol.